The molecule has 0 fully saturated rings. The number of nitrogens with zero attached hydrogens (tertiary/aromatic N) is 1. The van der Waals surface area contributed by atoms with E-state index in [1.807, 2.05) is 0 Å². The Morgan fingerprint density at radius 3 is 2.70 bits per heavy atom. The smallest absolute Gasteiger partial charge is 0.345 e. The second-order valence-electron chi connectivity index (χ2n) is 4.00. The van der Waals surface area contributed by atoms with Gasteiger partial charge in [0.05, 0.1) is 24.2 Å². The van der Waals surface area contributed by atoms with Gasteiger partial charge in [-0.25, -0.2) is 4.79 Å². The lowest BCUT2D eigenvalue weighted by Gasteiger charge is -2.10. The molecule has 0 radical (unpaired) electrons. The van der Waals surface area contributed by atoms with Gasteiger partial charge in [0.15, 0.2) is 0 Å². The zero-order valence-electron chi connectivity index (χ0n) is 11.3. The van der Waals surface area contributed by atoms with Crippen LogP contribution in [0.2, 0.25) is 0 Å². The molecule has 1 aromatic carbocycles. The highest BCUT2D eigenvalue weighted by Gasteiger charge is 2.23. The van der Waals surface area contributed by atoms with Crippen molar-refractivity contribution in [1.29, 1.82) is 0 Å². The standard InChI is InChI=1S/C13H16ClNO5/c1-3-19-13(16)10-7-9(2)12(20-6-4-5-14)8-11(10)15(17)18/h7-8H,3-6H2,1-2H3. The molecule has 0 amide bonds. The van der Waals surface area contributed by atoms with Crippen LogP contribution in [0.5, 0.6) is 5.75 Å². The average Bonchev–Trinajstić information content (AvgIpc) is 2.40. The summed E-state index contributed by atoms with van der Waals surface area (Å²) in [4.78, 5) is 22.1. The highest BCUT2D eigenvalue weighted by molar-refractivity contribution is 6.17. The maximum atomic E-state index is 11.7. The minimum Gasteiger partial charge on any atom is -0.493 e. The Bertz CT molecular complexity index is 504. The number of halogens is 1. The third-order valence-electron chi connectivity index (χ3n) is 2.52. The third kappa shape index (κ3) is 4.09. The first-order chi connectivity index (χ1) is 9.51. The minimum atomic E-state index is -0.713. The van der Waals surface area contributed by atoms with Gasteiger partial charge in [-0.05, 0) is 31.9 Å². The monoisotopic (exact) mass is 301 g/mol. The van der Waals surface area contributed by atoms with Gasteiger partial charge in [0, 0.05) is 5.88 Å². The summed E-state index contributed by atoms with van der Waals surface area (Å²) in [5.74, 6) is 0.103. The lowest BCUT2D eigenvalue weighted by molar-refractivity contribution is -0.385. The predicted molar refractivity (Wildman–Crippen MR) is 74.6 cm³/mol. The second-order valence-corrected chi connectivity index (χ2v) is 4.38. The Hall–Kier alpha value is -1.82. The fourth-order valence-electron chi connectivity index (χ4n) is 1.59. The zero-order valence-corrected chi connectivity index (χ0v) is 12.1. The molecule has 0 aromatic heterocycles. The SMILES string of the molecule is CCOC(=O)c1cc(C)c(OCCCCl)cc1[N+](=O)[O-]. The summed E-state index contributed by atoms with van der Waals surface area (Å²) in [6.45, 7) is 3.87. The summed E-state index contributed by atoms with van der Waals surface area (Å²) in [7, 11) is 0. The second kappa shape index (κ2) is 7.69. The predicted octanol–water partition coefficient (Wildman–Crippen LogP) is 3.09. The molecule has 0 aliphatic heterocycles. The molecule has 0 unspecified atom stereocenters. The van der Waals surface area contributed by atoms with Crippen LogP contribution >= 0.6 is 11.6 Å². The normalized spacial score (nSPS) is 10.2. The van der Waals surface area contributed by atoms with E-state index in [2.05, 4.69) is 0 Å². The molecule has 0 heterocycles. The van der Waals surface area contributed by atoms with E-state index in [1.165, 1.54) is 12.1 Å². The van der Waals surface area contributed by atoms with E-state index in [4.69, 9.17) is 21.1 Å². The Labute approximate surface area is 121 Å². The molecule has 0 bridgehead atoms. The van der Waals surface area contributed by atoms with E-state index in [0.29, 0.717) is 30.2 Å². The Morgan fingerprint density at radius 1 is 1.45 bits per heavy atom. The van der Waals surface area contributed by atoms with Gasteiger partial charge >= 0.3 is 5.97 Å². The molecule has 6 nitrogen and oxygen atoms in total. The Kier molecular flexibility index (Phi) is 6.24. The lowest BCUT2D eigenvalue weighted by atomic mass is 10.1. The number of alkyl halides is 1. The van der Waals surface area contributed by atoms with E-state index in [1.54, 1.807) is 13.8 Å². The fourth-order valence-corrected chi connectivity index (χ4v) is 1.70. The average molecular weight is 302 g/mol. The number of nitro benzene ring substituents is 1. The molecule has 0 spiro atoms. The van der Waals surface area contributed by atoms with Crippen LogP contribution in [0.3, 0.4) is 0 Å². The fraction of sp³-hybridized carbons (Fsp3) is 0.462. The summed E-state index contributed by atoms with van der Waals surface area (Å²) in [6.07, 6.45) is 0.633. The summed E-state index contributed by atoms with van der Waals surface area (Å²) < 4.78 is 10.2. The largest absolute Gasteiger partial charge is 0.493 e. The summed E-state index contributed by atoms with van der Waals surface area (Å²) in [5.41, 5.74) is 0.238. The quantitative estimate of drug-likeness (QED) is 0.254. The van der Waals surface area contributed by atoms with Gasteiger partial charge in [0.2, 0.25) is 0 Å². The number of aryl methyl sites for hydroxylation is 1. The molecule has 1 aromatic rings. The summed E-state index contributed by atoms with van der Waals surface area (Å²) in [6, 6.07) is 2.65. The summed E-state index contributed by atoms with van der Waals surface area (Å²) >= 11 is 5.54. The van der Waals surface area contributed by atoms with Crippen molar-refractivity contribution in [3.8, 4) is 5.75 Å². The highest BCUT2D eigenvalue weighted by atomic mass is 35.5. The van der Waals surface area contributed by atoms with Crippen LogP contribution in [0, 0.1) is 17.0 Å². The van der Waals surface area contributed by atoms with E-state index in [-0.39, 0.29) is 17.9 Å². The van der Waals surface area contributed by atoms with Crippen molar-refractivity contribution in [1.82, 2.24) is 0 Å². The number of rotatable bonds is 7. The highest BCUT2D eigenvalue weighted by Crippen LogP contribution is 2.29. The zero-order chi connectivity index (χ0) is 15.1. The van der Waals surface area contributed by atoms with Crippen LogP contribution in [0.4, 0.5) is 5.69 Å². The maximum Gasteiger partial charge on any atom is 0.345 e. The van der Waals surface area contributed by atoms with E-state index in [9.17, 15) is 14.9 Å². The number of carbonyl (C=O) groups excluding carboxylic acids is 1. The Morgan fingerprint density at radius 2 is 2.15 bits per heavy atom. The number of hydrogen-bond donors (Lipinski definition) is 0. The van der Waals surface area contributed by atoms with Crippen molar-refractivity contribution < 1.29 is 19.2 Å². The van der Waals surface area contributed by atoms with Crippen LogP contribution in [0.25, 0.3) is 0 Å². The molecule has 1 rings (SSSR count). The van der Waals surface area contributed by atoms with Crippen LogP contribution in [-0.2, 0) is 4.74 Å². The van der Waals surface area contributed by atoms with Gasteiger partial charge in [-0.3, -0.25) is 10.1 Å². The molecule has 0 N–H and O–H groups in total. The van der Waals surface area contributed by atoms with Crippen molar-refractivity contribution in [3.63, 3.8) is 0 Å². The van der Waals surface area contributed by atoms with Gasteiger partial charge < -0.3 is 9.47 Å². The van der Waals surface area contributed by atoms with Gasteiger partial charge in [-0.2, -0.15) is 0 Å². The van der Waals surface area contributed by atoms with E-state index < -0.39 is 10.9 Å². The van der Waals surface area contributed by atoms with Crippen LogP contribution in [0.1, 0.15) is 29.3 Å². The van der Waals surface area contributed by atoms with Gasteiger partial charge in [0.25, 0.3) is 5.69 Å². The summed E-state index contributed by atoms with van der Waals surface area (Å²) in [5, 5.41) is 11.0. The van der Waals surface area contributed by atoms with Crippen LogP contribution < -0.4 is 4.74 Å². The maximum absolute atomic E-state index is 11.7. The van der Waals surface area contributed by atoms with Crippen molar-refractivity contribution in [3.05, 3.63) is 33.4 Å². The molecular weight excluding hydrogens is 286 g/mol. The molecule has 0 saturated heterocycles. The van der Waals surface area contributed by atoms with Gasteiger partial charge in [-0.15, -0.1) is 11.6 Å². The molecule has 0 aliphatic carbocycles. The van der Waals surface area contributed by atoms with Crippen molar-refractivity contribution >= 4 is 23.3 Å². The first-order valence-electron chi connectivity index (χ1n) is 6.16. The number of benzene rings is 1. The van der Waals surface area contributed by atoms with Gasteiger partial charge in [0.1, 0.15) is 11.3 Å². The molecule has 110 valence electrons. The topological polar surface area (TPSA) is 78.7 Å². The molecule has 0 atom stereocenters. The van der Waals surface area contributed by atoms with E-state index in [0.717, 1.165) is 0 Å². The number of hydrogen-bond acceptors (Lipinski definition) is 5. The molecular formula is C13H16ClNO5. The number of esters is 1. The molecule has 7 heteroatoms. The van der Waals surface area contributed by atoms with Gasteiger partial charge in [-0.1, -0.05) is 0 Å². The minimum absolute atomic E-state index is 0.0703. The number of carbonyl (C=O) groups is 1. The van der Waals surface area contributed by atoms with Crippen LogP contribution in [-0.4, -0.2) is 30.0 Å². The number of ether oxygens (including phenoxy) is 2. The van der Waals surface area contributed by atoms with E-state index >= 15 is 0 Å². The van der Waals surface area contributed by atoms with Crippen molar-refractivity contribution in [2.45, 2.75) is 20.3 Å². The Balaban J connectivity index is 3.11. The van der Waals surface area contributed by atoms with Crippen molar-refractivity contribution in [2.75, 3.05) is 19.1 Å². The number of nitro groups is 1. The molecule has 20 heavy (non-hydrogen) atoms. The third-order valence-corrected chi connectivity index (χ3v) is 2.79. The van der Waals surface area contributed by atoms with Crippen molar-refractivity contribution in [2.24, 2.45) is 0 Å². The first-order valence-corrected chi connectivity index (χ1v) is 6.69. The lowest BCUT2D eigenvalue weighted by Crippen LogP contribution is -2.09. The molecule has 0 aliphatic rings. The molecule has 0 saturated carbocycles. The van der Waals surface area contributed by atoms with Crippen LogP contribution in [0.15, 0.2) is 12.1 Å². The first kappa shape index (κ1) is 16.2.